The van der Waals surface area contributed by atoms with Gasteiger partial charge in [0.15, 0.2) is 0 Å². The number of ether oxygens (including phenoxy) is 1. The number of alkyl halides is 2. The number of rotatable bonds is 4. The van der Waals surface area contributed by atoms with Crippen LogP contribution < -0.4 is 10.5 Å². The predicted molar refractivity (Wildman–Crippen MR) is 73.4 cm³/mol. The molecule has 20 heavy (non-hydrogen) atoms. The summed E-state index contributed by atoms with van der Waals surface area (Å²) in [6.07, 6.45) is 0.912. The molecule has 1 fully saturated rings. The fourth-order valence-corrected chi connectivity index (χ4v) is 2.17. The van der Waals surface area contributed by atoms with E-state index in [0.717, 1.165) is 6.42 Å². The maximum Gasteiger partial charge on any atom is 0.387 e. The molecule has 1 unspecified atom stereocenters. The van der Waals surface area contributed by atoms with Crippen LogP contribution >= 0.6 is 12.4 Å². The quantitative estimate of drug-likeness (QED) is 0.927. The first kappa shape index (κ1) is 16.7. The van der Waals surface area contributed by atoms with E-state index in [0.29, 0.717) is 31.1 Å². The summed E-state index contributed by atoms with van der Waals surface area (Å²) in [4.78, 5) is 13.9. The van der Waals surface area contributed by atoms with Crippen LogP contribution in [-0.4, -0.2) is 37.1 Å². The lowest BCUT2D eigenvalue weighted by molar-refractivity contribution is -0.0498. The summed E-state index contributed by atoms with van der Waals surface area (Å²) in [5, 5.41) is 0. The van der Waals surface area contributed by atoms with E-state index in [1.54, 1.807) is 4.90 Å². The van der Waals surface area contributed by atoms with Gasteiger partial charge in [0.05, 0.1) is 0 Å². The SMILES string of the molecule is Cl.NCC1CCN(C(=O)c2ccc(OC(F)F)cc2)C1. The first-order valence-electron chi connectivity index (χ1n) is 6.14. The third-order valence-corrected chi connectivity index (χ3v) is 3.23. The second-order valence-corrected chi connectivity index (χ2v) is 4.54. The maximum atomic E-state index is 12.1. The van der Waals surface area contributed by atoms with Gasteiger partial charge in [-0.05, 0) is 43.1 Å². The van der Waals surface area contributed by atoms with Crippen molar-refractivity contribution in [1.29, 1.82) is 0 Å². The van der Waals surface area contributed by atoms with Gasteiger partial charge < -0.3 is 15.4 Å². The Morgan fingerprint density at radius 1 is 1.40 bits per heavy atom. The third-order valence-electron chi connectivity index (χ3n) is 3.23. The summed E-state index contributed by atoms with van der Waals surface area (Å²) in [6.45, 7) is -0.934. The molecule has 0 saturated carbocycles. The summed E-state index contributed by atoms with van der Waals surface area (Å²) in [5.74, 6) is 0.303. The van der Waals surface area contributed by atoms with Crippen LogP contribution in [0.15, 0.2) is 24.3 Å². The highest BCUT2D eigenvalue weighted by Gasteiger charge is 2.25. The lowest BCUT2D eigenvalue weighted by atomic mass is 10.1. The second-order valence-electron chi connectivity index (χ2n) is 4.54. The molecule has 1 saturated heterocycles. The average Bonchev–Trinajstić information content (AvgIpc) is 2.87. The summed E-state index contributed by atoms with van der Waals surface area (Å²) in [7, 11) is 0. The Bertz CT molecular complexity index is 443. The smallest absolute Gasteiger partial charge is 0.387 e. The van der Waals surface area contributed by atoms with Crippen LogP contribution in [0, 0.1) is 5.92 Å². The van der Waals surface area contributed by atoms with Gasteiger partial charge in [-0.3, -0.25) is 4.79 Å². The van der Waals surface area contributed by atoms with Crippen molar-refractivity contribution in [2.45, 2.75) is 13.0 Å². The van der Waals surface area contributed by atoms with Crippen molar-refractivity contribution in [2.24, 2.45) is 11.7 Å². The van der Waals surface area contributed by atoms with Crippen molar-refractivity contribution in [3.05, 3.63) is 29.8 Å². The number of carbonyl (C=O) groups is 1. The van der Waals surface area contributed by atoms with Gasteiger partial charge in [0.1, 0.15) is 5.75 Å². The molecule has 1 atom stereocenters. The Morgan fingerprint density at radius 2 is 2.05 bits per heavy atom. The van der Waals surface area contributed by atoms with Crippen LogP contribution in [0.4, 0.5) is 8.78 Å². The van der Waals surface area contributed by atoms with Gasteiger partial charge in [0.2, 0.25) is 0 Å². The lowest BCUT2D eigenvalue weighted by Crippen LogP contribution is -2.29. The van der Waals surface area contributed by atoms with Crippen LogP contribution in [0.25, 0.3) is 0 Å². The fourth-order valence-electron chi connectivity index (χ4n) is 2.17. The van der Waals surface area contributed by atoms with E-state index in [1.165, 1.54) is 24.3 Å². The zero-order chi connectivity index (χ0) is 13.8. The molecule has 7 heteroatoms. The lowest BCUT2D eigenvalue weighted by Gasteiger charge is -2.16. The number of amides is 1. The molecule has 1 aromatic carbocycles. The molecular weight excluding hydrogens is 290 g/mol. The van der Waals surface area contributed by atoms with E-state index in [9.17, 15) is 13.6 Å². The van der Waals surface area contributed by atoms with Gasteiger partial charge in [-0.15, -0.1) is 12.4 Å². The first-order chi connectivity index (χ1) is 9.10. The van der Waals surface area contributed by atoms with Crippen LogP contribution in [-0.2, 0) is 0 Å². The zero-order valence-electron chi connectivity index (χ0n) is 10.8. The standard InChI is InChI=1S/C13H16F2N2O2.ClH/c14-13(15)19-11-3-1-10(2-4-11)12(18)17-6-5-9(7-16)8-17;/h1-4,9,13H,5-8,16H2;1H. The van der Waals surface area contributed by atoms with Crippen molar-refractivity contribution in [1.82, 2.24) is 4.90 Å². The van der Waals surface area contributed by atoms with E-state index in [2.05, 4.69) is 4.74 Å². The largest absolute Gasteiger partial charge is 0.435 e. The number of likely N-dealkylation sites (tertiary alicyclic amines) is 1. The molecule has 0 aromatic heterocycles. The number of halogens is 3. The first-order valence-corrected chi connectivity index (χ1v) is 6.14. The minimum absolute atomic E-state index is 0. The van der Waals surface area contributed by atoms with E-state index in [4.69, 9.17) is 5.73 Å². The molecule has 1 aromatic rings. The number of nitrogens with zero attached hydrogens (tertiary/aromatic N) is 1. The maximum absolute atomic E-state index is 12.1. The second kappa shape index (κ2) is 7.40. The van der Waals surface area contributed by atoms with Gasteiger partial charge in [0, 0.05) is 18.7 Å². The van der Waals surface area contributed by atoms with Crippen LogP contribution in [0.3, 0.4) is 0 Å². The number of carbonyl (C=O) groups excluding carboxylic acids is 1. The minimum atomic E-state index is -2.86. The summed E-state index contributed by atoms with van der Waals surface area (Å²) < 4.78 is 28.2. The molecule has 2 rings (SSSR count). The van der Waals surface area contributed by atoms with Crippen molar-refractivity contribution >= 4 is 18.3 Å². The Kier molecular flexibility index (Phi) is 6.16. The molecule has 0 aliphatic carbocycles. The summed E-state index contributed by atoms with van der Waals surface area (Å²) in [6, 6.07) is 5.73. The topological polar surface area (TPSA) is 55.6 Å². The molecule has 0 spiro atoms. The predicted octanol–water partition coefficient (Wildman–Crippen LogP) is 2.13. The molecule has 1 heterocycles. The minimum Gasteiger partial charge on any atom is -0.435 e. The monoisotopic (exact) mass is 306 g/mol. The number of benzene rings is 1. The molecular formula is C13H17ClF2N2O2. The molecule has 0 bridgehead atoms. The highest BCUT2D eigenvalue weighted by molar-refractivity contribution is 5.94. The van der Waals surface area contributed by atoms with Gasteiger partial charge in [0.25, 0.3) is 5.91 Å². The fraction of sp³-hybridized carbons (Fsp3) is 0.462. The number of nitrogens with two attached hydrogens (primary N) is 1. The Labute approximate surface area is 122 Å². The summed E-state index contributed by atoms with van der Waals surface area (Å²) in [5.41, 5.74) is 6.05. The van der Waals surface area contributed by atoms with E-state index < -0.39 is 6.61 Å². The highest BCUT2D eigenvalue weighted by atomic mass is 35.5. The van der Waals surface area contributed by atoms with Crippen LogP contribution in [0.5, 0.6) is 5.75 Å². The molecule has 112 valence electrons. The number of hydrogen-bond donors (Lipinski definition) is 1. The van der Waals surface area contributed by atoms with Crippen molar-refractivity contribution in [3.8, 4) is 5.75 Å². The van der Waals surface area contributed by atoms with Crippen LogP contribution in [0.2, 0.25) is 0 Å². The van der Waals surface area contributed by atoms with Gasteiger partial charge in [-0.25, -0.2) is 0 Å². The van der Waals surface area contributed by atoms with Gasteiger partial charge >= 0.3 is 6.61 Å². The Morgan fingerprint density at radius 3 is 2.55 bits per heavy atom. The van der Waals surface area contributed by atoms with Gasteiger partial charge in [-0.1, -0.05) is 0 Å². The van der Waals surface area contributed by atoms with E-state index in [1.807, 2.05) is 0 Å². The van der Waals surface area contributed by atoms with Gasteiger partial charge in [-0.2, -0.15) is 8.78 Å². The van der Waals surface area contributed by atoms with E-state index in [-0.39, 0.29) is 24.1 Å². The van der Waals surface area contributed by atoms with Crippen molar-refractivity contribution < 1.29 is 18.3 Å². The molecule has 1 aliphatic rings. The third kappa shape index (κ3) is 4.05. The summed E-state index contributed by atoms with van der Waals surface area (Å²) >= 11 is 0. The molecule has 2 N–H and O–H groups in total. The van der Waals surface area contributed by atoms with Crippen molar-refractivity contribution in [2.75, 3.05) is 19.6 Å². The van der Waals surface area contributed by atoms with Crippen LogP contribution in [0.1, 0.15) is 16.8 Å². The van der Waals surface area contributed by atoms with Crippen molar-refractivity contribution in [3.63, 3.8) is 0 Å². The molecule has 1 aliphatic heterocycles. The Hall–Kier alpha value is -1.40. The molecule has 0 radical (unpaired) electrons. The molecule has 1 amide bonds. The Balaban J connectivity index is 0.00000200. The highest BCUT2D eigenvalue weighted by Crippen LogP contribution is 2.20. The number of hydrogen-bond acceptors (Lipinski definition) is 3. The zero-order valence-corrected chi connectivity index (χ0v) is 11.6. The average molecular weight is 307 g/mol. The molecule has 4 nitrogen and oxygen atoms in total. The normalized spacial score (nSPS) is 18.0. The van der Waals surface area contributed by atoms with E-state index >= 15 is 0 Å².